The molecule has 2 fully saturated rings. The number of halogens is 2. The number of carbonyl (C=O) groups excluding carboxylic acids is 1. The zero-order valence-electron chi connectivity index (χ0n) is 21.5. The van der Waals surface area contributed by atoms with Crippen LogP contribution < -0.4 is 4.90 Å². The monoisotopic (exact) mass is 518 g/mol. The van der Waals surface area contributed by atoms with Gasteiger partial charge in [0, 0.05) is 64.0 Å². The van der Waals surface area contributed by atoms with E-state index in [4.69, 9.17) is 5.26 Å². The number of carbonyl (C=O) groups is 1. The van der Waals surface area contributed by atoms with Crippen LogP contribution in [0.5, 0.6) is 0 Å². The average molecular weight is 519 g/mol. The fourth-order valence-corrected chi connectivity index (χ4v) is 5.42. The second kappa shape index (κ2) is 10.9. The lowest BCUT2D eigenvalue weighted by atomic mass is 10.0. The van der Waals surface area contributed by atoms with Gasteiger partial charge in [-0.05, 0) is 36.8 Å². The highest BCUT2D eigenvalue weighted by Gasteiger charge is 2.40. The van der Waals surface area contributed by atoms with Gasteiger partial charge in [-0.2, -0.15) is 5.26 Å². The summed E-state index contributed by atoms with van der Waals surface area (Å²) in [5.41, 5.74) is 3.69. The molecule has 9 heteroatoms. The number of nitrogens with zero attached hydrogens (tertiary/aromatic N) is 6. The van der Waals surface area contributed by atoms with Crippen molar-refractivity contribution in [2.75, 3.05) is 37.6 Å². The van der Waals surface area contributed by atoms with E-state index >= 15 is 0 Å². The van der Waals surface area contributed by atoms with Crippen molar-refractivity contribution in [2.45, 2.75) is 44.3 Å². The molecule has 0 aliphatic carbocycles. The second-order valence-electron chi connectivity index (χ2n) is 10.2. The number of benzene rings is 2. The van der Waals surface area contributed by atoms with Crippen molar-refractivity contribution < 1.29 is 13.6 Å². The van der Waals surface area contributed by atoms with Crippen molar-refractivity contribution in [1.82, 2.24) is 19.4 Å². The Labute approximate surface area is 221 Å². The van der Waals surface area contributed by atoms with Gasteiger partial charge in [-0.15, -0.1) is 0 Å². The van der Waals surface area contributed by atoms with E-state index < -0.39 is 12.0 Å². The summed E-state index contributed by atoms with van der Waals surface area (Å²) in [4.78, 5) is 24.1. The number of amides is 1. The Morgan fingerprint density at radius 2 is 1.79 bits per heavy atom. The molecule has 7 nitrogen and oxygen atoms in total. The van der Waals surface area contributed by atoms with Gasteiger partial charge in [-0.3, -0.25) is 9.69 Å². The second-order valence-corrected chi connectivity index (χ2v) is 10.2. The molecule has 1 aromatic heterocycles. The number of aromatic nitrogens is 2. The quantitative estimate of drug-likeness (QED) is 0.487. The summed E-state index contributed by atoms with van der Waals surface area (Å²) in [5.74, 6) is -2.79. The van der Waals surface area contributed by atoms with E-state index in [1.54, 1.807) is 4.90 Å². The normalized spacial score (nSPS) is 20.6. The smallest absolute Gasteiger partial charge is 0.251 e. The Bertz CT molecular complexity index is 1280. The van der Waals surface area contributed by atoms with E-state index in [2.05, 4.69) is 32.3 Å². The first-order valence-electron chi connectivity index (χ1n) is 13.1. The molecule has 38 heavy (non-hydrogen) atoms. The highest BCUT2D eigenvalue weighted by Crippen LogP contribution is 2.30. The summed E-state index contributed by atoms with van der Waals surface area (Å²) in [7, 11) is 0. The molecule has 0 spiro atoms. The Morgan fingerprint density at radius 1 is 1.08 bits per heavy atom. The Hall–Kier alpha value is -3.77. The van der Waals surface area contributed by atoms with Crippen molar-refractivity contribution in [3.63, 3.8) is 0 Å². The highest BCUT2D eigenvalue weighted by atomic mass is 19.3. The van der Waals surface area contributed by atoms with Crippen molar-refractivity contribution in [1.29, 1.82) is 5.26 Å². The molecule has 0 saturated carbocycles. The van der Waals surface area contributed by atoms with Gasteiger partial charge in [-0.25, -0.2) is 13.8 Å². The van der Waals surface area contributed by atoms with Crippen LogP contribution in [0.3, 0.4) is 0 Å². The first kappa shape index (κ1) is 25.9. The molecule has 0 bridgehead atoms. The zero-order chi connectivity index (χ0) is 26.7. The number of anilines is 1. The van der Waals surface area contributed by atoms with Gasteiger partial charge in [0.25, 0.3) is 5.92 Å². The first-order valence-corrected chi connectivity index (χ1v) is 13.1. The minimum absolute atomic E-state index is 0.0262. The average Bonchev–Trinajstić information content (AvgIpc) is 3.41. The van der Waals surface area contributed by atoms with Crippen molar-refractivity contribution in [3.8, 4) is 6.07 Å². The lowest BCUT2D eigenvalue weighted by Crippen LogP contribution is -2.60. The van der Waals surface area contributed by atoms with Crippen LogP contribution in [0.25, 0.3) is 0 Å². The number of rotatable bonds is 6. The van der Waals surface area contributed by atoms with Gasteiger partial charge in [0.1, 0.15) is 6.04 Å². The molecule has 2 aliphatic rings. The molecular formula is C29H32F2N6O. The molecule has 198 valence electrons. The Morgan fingerprint density at radius 3 is 2.47 bits per heavy atom. The fourth-order valence-electron chi connectivity index (χ4n) is 5.42. The Kier molecular flexibility index (Phi) is 7.43. The molecule has 0 radical (unpaired) electrons. The van der Waals surface area contributed by atoms with Crippen LogP contribution in [-0.2, 0) is 11.3 Å². The standard InChI is InChI=1S/C29H32F2N6O/c1-22(24-9-7-23(17-32)8-10-24)37-21-33-18-26(37)19-34-15-16-36(25-5-3-2-4-6-25)27(20-34)28(38)35-13-11-29(30,31)12-14-35/h2-10,18,21-22,27H,11-16,19-20H2,1H3. The number of likely N-dealkylation sites (tertiary alicyclic amines) is 1. The number of nitriles is 1. The van der Waals surface area contributed by atoms with Crippen LogP contribution in [0.2, 0.25) is 0 Å². The number of para-hydroxylation sites is 1. The van der Waals surface area contributed by atoms with Crippen LogP contribution in [0, 0.1) is 11.3 Å². The predicted octanol–water partition coefficient (Wildman–Crippen LogP) is 4.31. The van der Waals surface area contributed by atoms with Gasteiger partial charge in [0.05, 0.1) is 29.7 Å². The van der Waals surface area contributed by atoms with Crippen LogP contribution in [0.4, 0.5) is 14.5 Å². The summed E-state index contributed by atoms with van der Waals surface area (Å²) in [6.45, 7) is 4.79. The molecule has 2 aliphatic heterocycles. The van der Waals surface area contributed by atoms with Crippen LogP contribution in [-0.4, -0.2) is 69.9 Å². The maximum absolute atomic E-state index is 13.8. The predicted molar refractivity (Wildman–Crippen MR) is 141 cm³/mol. The third kappa shape index (κ3) is 5.55. The number of piperidine rings is 1. The number of alkyl halides is 2. The zero-order valence-corrected chi connectivity index (χ0v) is 21.5. The van der Waals surface area contributed by atoms with Gasteiger partial charge >= 0.3 is 0 Å². The number of imidazole rings is 1. The maximum Gasteiger partial charge on any atom is 0.251 e. The largest absolute Gasteiger partial charge is 0.357 e. The number of hydrogen-bond acceptors (Lipinski definition) is 5. The summed E-state index contributed by atoms with van der Waals surface area (Å²) in [5, 5.41) is 9.10. The first-order chi connectivity index (χ1) is 18.3. The van der Waals surface area contributed by atoms with E-state index in [1.165, 1.54) is 0 Å². The van der Waals surface area contributed by atoms with Crippen LogP contribution >= 0.6 is 0 Å². The topological polar surface area (TPSA) is 68.4 Å². The SMILES string of the molecule is CC(c1ccc(C#N)cc1)n1cncc1CN1CCN(c2ccccc2)C(C(=O)N2CCC(F)(F)CC2)C1. The molecular weight excluding hydrogens is 486 g/mol. The molecule has 2 unspecified atom stereocenters. The summed E-state index contributed by atoms with van der Waals surface area (Å²) in [6, 6.07) is 19.1. The molecule has 3 heterocycles. The van der Waals surface area contributed by atoms with Crippen molar-refractivity contribution in [2.24, 2.45) is 0 Å². The van der Waals surface area contributed by atoms with Gasteiger partial charge in [0.2, 0.25) is 5.91 Å². The summed E-state index contributed by atoms with van der Waals surface area (Å²) in [6.07, 6.45) is 3.10. The van der Waals surface area contributed by atoms with E-state index in [9.17, 15) is 13.6 Å². The third-order valence-electron chi connectivity index (χ3n) is 7.72. The van der Waals surface area contributed by atoms with E-state index in [1.807, 2.05) is 67.1 Å². The Balaban J connectivity index is 1.33. The minimum atomic E-state index is -2.70. The molecule has 3 aromatic rings. The van der Waals surface area contributed by atoms with Crippen molar-refractivity contribution >= 4 is 11.6 Å². The van der Waals surface area contributed by atoms with Crippen molar-refractivity contribution in [3.05, 3.63) is 83.9 Å². The van der Waals surface area contributed by atoms with Gasteiger partial charge in [-0.1, -0.05) is 30.3 Å². The molecule has 1 amide bonds. The van der Waals surface area contributed by atoms with Gasteiger partial charge < -0.3 is 14.4 Å². The molecule has 5 rings (SSSR count). The number of hydrogen-bond donors (Lipinski definition) is 0. The summed E-state index contributed by atoms with van der Waals surface area (Å²) >= 11 is 0. The molecule has 2 saturated heterocycles. The van der Waals surface area contributed by atoms with E-state index in [0.29, 0.717) is 25.2 Å². The lowest BCUT2D eigenvalue weighted by Gasteiger charge is -2.44. The van der Waals surface area contributed by atoms with Gasteiger partial charge in [0.15, 0.2) is 0 Å². The van der Waals surface area contributed by atoms with Crippen LogP contribution in [0.15, 0.2) is 67.1 Å². The lowest BCUT2D eigenvalue weighted by molar-refractivity contribution is -0.139. The molecule has 2 aromatic carbocycles. The van der Waals surface area contributed by atoms with Crippen LogP contribution in [0.1, 0.15) is 42.6 Å². The third-order valence-corrected chi connectivity index (χ3v) is 7.72. The minimum Gasteiger partial charge on any atom is -0.357 e. The fraction of sp³-hybridized carbons (Fsp3) is 0.414. The number of piperazine rings is 1. The highest BCUT2D eigenvalue weighted by molar-refractivity contribution is 5.86. The van der Waals surface area contributed by atoms with E-state index in [-0.39, 0.29) is 37.9 Å². The maximum atomic E-state index is 13.8. The summed E-state index contributed by atoms with van der Waals surface area (Å²) < 4.78 is 29.7. The van der Waals surface area contributed by atoms with E-state index in [0.717, 1.165) is 23.5 Å². The molecule has 2 atom stereocenters. The molecule has 0 N–H and O–H groups in total.